The minimum Gasteiger partial charge on any atom is -0.480 e. The molecule has 0 saturated carbocycles. The summed E-state index contributed by atoms with van der Waals surface area (Å²) in [6.45, 7) is 3.90. The molecular weight excluding hydrogens is 330 g/mol. The molecule has 2 aromatic carbocycles. The monoisotopic (exact) mass is 347 g/mol. The maximum absolute atomic E-state index is 12.3. The van der Waals surface area contributed by atoms with Crippen molar-refractivity contribution in [3.05, 3.63) is 58.6 Å². The van der Waals surface area contributed by atoms with Crippen molar-refractivity contribution in [1.29, 1.82) is 0 Å². The van der Waals surface area contributed by atoms with Crippen molar-refractivity contribution in [1.82, 2.24) is 0 Å². The summed E-state index contributed by atoms with van der Waals surface area (Å²) < 4.78 is 6.81. The summed E-state index contributed by atoms with van der Waals surface area (Å²) in [5.74, 6) is 0.610. The molecule has 0 aromatic heterocycles. The number of para-hydroxylation sites is 1. The van der Waals surface area contributed by atoms with Crippen molar-refractivity contribution < 1.29 is 9.53 Å². The lowest BCUT2D eigenvalue weighted by molar-refractivity contribution is -0.122. The zero-order valence-electron chi connectivity index (χ0n) is 12.1. The Balaban J connectivity index is 2.05. The van der Waals surface area contributed by atoms with E-state index in [1.807, 2.05) is 62.4 Å². The predicted molar refractivity (Wildman–Crippen MR) is 88.7 cm³/mol. The van der Waals surface area contributed by atoms with E-state index in [9.17, 15) is 4.79 Å². The van der Waals surface area contributed by atoms with E-state index in [4.69, 9.17) is 4.74 Å². The van der Waals surface area contributed by atoms with E-state index in [-0.39, 0.29) is 5.91 Å². The standard InChI is InChI=1S/C17H18BrNO2/c1-3-15(21-16-7-5-4-6-12(16)2)17(20)19-14-10-8-13(18)9-11-14/h4-11,15H,3H2,1-2H3,(H,19,20)/t15-/m1/s1. The van der Waals surface area contributed by atoms with Crippen molar-refractivity contribution in [3.63, 3.8) is 0 Å². The maximum atomic E-state index is 12.3. The quantitative estimate of drug-likeness (QED) is 0.861. The van der Waals surface area contributed by atoms with Crippen LogP contribution >= 0.6 is 15.9 Å². The first kappa shape index (κ1) is 15.6. The van der Waals surface area contributed by atoms with Crippen molar-refractivity contribution in [2.75, 3.05) is 5.32 Å². The Morgan fingerprint density at radius 3 is 2.48 bits per heavy atom. The number of ether oxygens (including phenoxy) is 1. The molecule has 0 aliphatic carbocycles. The topological polar surface area (TPSA) is 38.3 Å². The van der Waals surface area contributed by atoms with Gasteiger partial charge in [-0.2, -0.15) is 0 Å². The van der Waals surface area contributed by atoms with Crippen LogP contribution in [0.1, 0.15) is 18.9 Å². The van der Waals surface area contributed by atoms with Gasteiger partial charge in [-0.05, 0) is 49.2 Å². The van der Waals surface area contributed by atoms with Crippen LogP contribution in [0.25, 0.3) is 0 Å². The van der Waals surface area contributed by atoms with E-state index < -0.39 is 6.10 Å². The van der Waals surface area contributed by atoms with Gasteiger partial charge in [0.25, 0.3) is 5.91 Å². The number of hydrogen-bond acceptors (Lipinski definition) is 2. The van der Waals surface area contributed by atoms with E-state index in [0.29, 0.717) is 6.42 Å². The number of carbonyl (C=O) groups is 1. The van der Waals surface area contributed by atoms with Gasteiger partial charge in [0.05, 0.1) is 0 Å². The highest BCUT2D eigenvalue weighted by atomic mass is 79.9. The SMILES string of the molecule is CC[C@@H](Oc1ccccc1C)C(=O)Nc1ccc(Br)cc1. The van der Waals surface area contributed by atoms with Gasteiger partial charge in [0.1, 0.15) is 5.75 Å². The number of anilines is 1. The third kappa shape index (κ3) is 4.33. The normalized spacial score (nSPS) is 11.8. The van der Waals surface area contributed by atoms with Gasteiger partial charge in [-0.25, -0.2) is 0 Å². The Labute approximate surface area is 133 Å². The van der Waals surface area contributed by atoms with Gasteiger partial charge in [0.2, 0.25) is 0 Å². The molecule has 0 heterocycles. The molecule has 0 aliphatic rings. The zero-order valence-corrected chi connectivity index (χ0v) is 13.7. The molecule has 1 atom stereocenters. The molecule has 0 unspecified atom stereocenters. The summed E-state index contributed by atoms with van der Waals surface area (Å²) in [6.07, 6.45) is 0.103. The van der Waals surface area contributed by atoms with E-state index in [1.165, 1.54) is 0 Å². The van der Waals surface area contributed by atoms with Crippen LogP contribution in [-0.2, 0) is 4.79 Å². The Morgan fingerprint density at radius 1 is 1.19 bits per heavy atom. The van der Waals surface area contributed by atoms with E-state index in [1.54, 1.807) is 0 Å². The number of halogens is 1. The average Bonchev–Trinajstić information content (AvgIpc) is 2.48. The number of aryl methyl sites for hydroxylation is 1. The lowest BCUT2D eigenvalue weighted by Gasteiger charge is -2.18. The third-order valence-corrected chi connectivity index (χ3v) is 3.67. The minimum atomic E-state index is -0.505. The molecule has 2 aromatic rings. The van der Waals surface area contributed by atoms with Crippen LogP contribution in [0.2, 0.25) is 0 Å². The zero-order chi connectivity index (χ0) is 15.2. The molecule has 3 nitrogen and oxygen atoms in total. The van der Waals surface area contributed by atoms with Crippen LogP contribution in [0.15, 0.2) is 53.0 Å². The van der Waals surface area contributed by atoms with Gasteiger partial charge in [-0.1, -0.05) is 41.1 Å². The second-order valence-electron chi connectivity index (χ2n) is 4.78. The summed E-state index contributed by atoms with van der Waals surface area (Å²) in [7, 11) is 0. The van der Waals surface area contributed by atoms with Gasteiger partial charge in [-0.3, -0.25) is 4.79 Å². The lowest BCUT2D eigenvalue weighted by Crippen LogP contribution is -2.32. The summed E-state index contributed by atoms with van der Waals surface area (Å²) in [5.41, 5.74) is 1.78. The fraction of sp³-hybridized carbons (Fsp3) is 0.235. The molecule has 1 N–H and O–H groups in total. The van der Waals surface area contributed by atoms with Gasteiger partial charge in [-0.15, -0.1) is 0 Å². The molecule has 0 radical (unpaired) electrons. The molecule has 21 heavy (non-hydrogen) atoms. The predicted octanol–water partition coefficient (Wildman–Crippen LogP) is 4.55. The number of rotatable bonds is 5. The van der Waals surface area contributed by atoms with Crippen LogP contribution in [0.3, 0.4) is 0 Å². The van der Waals surface area contributed by atoms with Crippen LogP contribution in [0.4, 0.5) is 5.69 Å². The molecular formula is C17H18BrNO2. The van der Waals surface area contributed by atoms with Crippen LogP contribution in [0.5, 0.6) is 5.75 Å². The highest BCUT2D eigenvalue weighted by molar-refractivity contribution is 9.10. The second kappa shape index (κ2) is 7.27. The summed E-state index contributed by atoms with van der Waals surface area (Å²) in [6, 6.07) is 15.2. The Bertz CT molecular complexity index is 610. The Hall–Kier alpha value is -1.81. The van der Waals surface area contributed by atoms with E-state index in [0.717, 1.165) is 21.5 Å². The van der Waals surface area contributed by atoms with Crippen LogP contribution in [0, 0.1) is 6.92 Å². The first-order chi connectivity index (χ1) is 10.1. The molecule has 4 heteroatoms. The number of carbonyl (C=O) groups excluding carboxylic acids is 1. The fourth-order valence-electron chi connectivity index (χ4n) is 1.92. The van der Waals surface area contributed by atoms with Gasteiger partial charge in [0.15, 0.2) is 6.10 Å². The molecule has 0 aliphatic heterocycles. The lowest BCUT2D eigenvalue weighted by atomic mass is 10.2. The van der Waals surface area contributed by atoms with Crippen LogP contribution < -0.4 is 10.1 Å². The highest BCUT2D eigenvalue weighted by Gasteiger charge is 2.19. The summed E-state index contributed by atoms with van der Waals surface area (Å²) in [4.78, 5) is 12.3. The number of amides is 1. The Morgan fingerprint density at radius 2 is 1.86 bits per heavy atom. The molecule has 0 bridgehead atoms. The summed E-state index contributed by atoms with van der Waals surface area (Å²) in [5, 5.41) is 2.88. The summed E-state index contributed by atoms with van der Waals surface area (Å²) >= 11 is 3.37. The average molecular weight is 348 g/mol. The van der Waals surface area contributed by atoms with Crippen molar-refractivity contribution in [2.45, 2.75) is 26.4 Å². The molecule has 2 rings (SSSR count). The molecule has 0 spiro atoms. The molecule has 110 valence electrons. The largest absolute Gasteiger partial charge is 0.480 e. The first-order valence-electron chi connectivity index (χ1n) is 6.89. The van der Waals surface area contributed by atoms with E-state index >= 15 is 0 Å². The number of hydrogen-bond donors (Lipinski definition) is 1. The number of nitrogens with one attached hydrogen (secondary N) is 1. The molecule has 1 amide bonds. The van der Waals surface area contributed by atoms with Crippen molar-refractivity contribution >= 4 is 27.5 Å². The number of benzene rings is 2. The van der Waals surface area contributed by atoms with Crippen molar-refractivity contribution in [3.8, 4) is 5.75 Å². The van der Waals surface area contributed by atoms with E-state index in [2.05, 4.69) is 21.2 Å². The maximum Gasteiger partial charge on any atom is 0.265 e. The van der Waals surface area contributed by atoms with Gasteiger partial charge in [0, 0.05) is 10.2 Å². The smallest absolute Gasteiger partial charge is 0.265 e. The minimum absolute atomic E-state index is 0.136. The second-order valence-corrected chi connectivity index (χ2v) is 5.69. The Kier molecular flexibility index (Phi) is 5.39. The molecule has 0 fully saturated rings. The third-order valence-electron chi connectivity index (χ3n) is 3.14. The van der Waals surface area contributed by atoms with Crippen molar-refractivity contribution in [2.24, 2.45) is 0 Å². The molecule has 0 saturated heterocycles. The van der Waals surface area contributed by atoms with Crippen LogP contribution in [-0.4, -0.2) is 12.0 Å². The van der Waals surface area contributed by atoms with Gasteiger partial charge >= 0.3 is 0 Å². The van der Waals surface area contributed by atoms with Gasteiger partial charge < -0.3 is 10.1 Å². The highest BCUT2D eigenvalue weighted by Crippen LogP contribution is 2.20. The fourth-order valence-corrected chi connectivity index (χ4v) is 2.18. The first-order valence-corrected chi connectivity index (χ1v) is 7.68.